The third-order valence-electron chi connectivity index (χ3n) is 12.3. The van der Waals surface area contributed by atoms with Crippen LogP contribution in [0, 0.1) is 29.6 Å². The number of fused-ring (bicyclic) bond motifs is 5. The van der Waals surface area contributed by atoms with Gasteiger partial charge in [0, 0.05) is 47.1 Å². The first-order chi connectivity index (χ1) is 20.9. The molecule has 0 aromatic carbocycles. The molecule has 3 heterocycles. The van der Waals surface area contributed by atoms with Gasteiger partial charge in [-0.1, -0.05) is 0 Å². The van der Waals surface area contributed by atoms with Crippen LogP contribution in [-0.4, -0.2) is 113 Å². The normalized spacial score (nSPS) is 44.7. The number of ether oxygens (including phenoxy) is 5. The number of methoxy groups -OCH3 is 4. The van der Waals surface area contributed by atoms with Crippen LogP contribution in [-0.2, 0) is 33.3 Å². The van der Waals surface area contributed by atoms with E-state index in [4.69, 9.17) is 23.7 Å². The third-order valence-corrected chi connectivity index (χ3v) is 12.3. The molecule has 3 saturated heterocycles. The van der Waals surface area contributed by atoms with Crippen molar-refractivity contribution in [3.63, 3.8) is 0 Å². The Balaban J connectivity index is 1.04. The van der Waals surface area contributed by atoms with E-state index in [1.165, 1.54) is 0 Å². The number of rotatable bonds is 10. The summed E-state index contributed by atoms with van der Waals surface area (Å²) in [5.74, 6) is 1.83. The molecule has 3 aliphatic carbocycles. The monoisotopic (exact) mass is 605 g/mol. The summed E-state index contributed by atoms with van der Waals surface area (Å²) in [6, 6.07) is 0.819. The molecule has 10 heteroatoms. The number of hydrogen-bond donors (Lipinski definition) is 2. The minimum atomic E-state index is -0.486. The molecule has 6 fully saturated rings. The van der Waals surface area contributed by atoms with E-state index in [9.17, 15) is 9.59 Å². The van der Waals surface area contributed by atoms with Crippen LogP contribution in [0.2, 0.25) is 0 Å². The summed E-state index contributed by atoms with van der Waals surface area (Å²) in [5, 5.41) is 6.99. The summed E-state index contributed by atoms with van der Waals surface area (Å²) >= 11 is 0. The lowest BCUT2D eigenvalue weighted by Gasteiger charge is -2.55. The minimum Gasteiger partial charge on any atom is -0.379 e. The molecule has 2 amide bonds. The van der Waals surface area contributed by atoms with Gasteiger partial charge < -0.3 is 39.2 Å². The molecule has 2 N–H and O–H groups in total. The fraction of sp³-hybridized carbons (Fsp3) is 0.939. The van der Waals surface area contributed by atoms with Crippen molar-refractivity contribution in [3.8, 4) is 0 Å². The first kappa shape index (κ1) is 31.7. The van der Waals surface area contributed by atoms with E-state index in [2.05, 4.69) is 15.5 Å². The number of piperidine rings is 2. The minimum absolute atomic E-state index is 0.0284. The van der Waals surface area contributed by atoms with Crippen LogP contribution in [0.3, 0.4) is 0 Å². The molecule has 244 valence electrons. The Kier molecular flexibility index (Phi) is 10.0. The number of hydrogen-bond acceptors (Lipinski definition) is 8. The number of amides is 2. The van der Waals surface area contributed by atoms with Crippen molar-refractivity contribution in [1.82, 2.24) is 15.5 Å². The summed E-state index contributed by atoms with van der Waals surface area (Å²) < 4.78 is 29.4. The lowest BCUT2D eigenvalue weighted by atomic mass is 9.64. The summed E-state index contributed by atoms with van der Waals surface area (Å²) in [6.07, 6.45) is 9.41. The van der Waals surface area contributed by atoms with Crippen molar-refractivity contribution in [1.29, 1.82) is 0 Å². The zero-order valence-corrected chi connectivity index (χ0v) is 26.9. The van der Waals surface area contributed by atoms with E-state index in [0.29, 0.717) is 36.3 Å². The quantitative estimate of drug-likeness (QED) is 0.391. The molecule has 0 aromatic heterocycles. The maximum atomic E-state index is 14.3. The molecule has 0 bridgehead atoms. The summed E-state index contributed by atoms with van der Waals surface area (Å²) in [5.41, 5.74) is 0. The molecule has 0 spiro atoms. The SMILES string of the molecule is COC1CCC(CCNC(=O)[C@H](C)OC2CCC3C(C2)C2CCNC4C5CCC(OC)C(OC)C5C(=O)N3C24)CC1OC. The van der Waals surface area contributed by atoms with E-state index >= 15 is 0 Å². The van der Waals surface area contributed by atoms with Gasteiger partial charge in [0.05, 0.1) is 42.5 Å². The van der Waals surface area contributed by atoms with Gasteiger partial charge in [0.1, 0.15) is 6.10 Å². The second-order valence-electron chi connectivity index (χ2n) is 14.2. The second kappa shape index (κ2) is 13.6. The summed E-state index contributed by atoms with van der Waals surface area (Å²) in [4.78, 5) is 29.6. The molecule has 6 aliphatic rings. The molecule has 10 nitrogen and oxygen atoms in total. The van der Waals surface area contributed by atoms with Gasteiger partial charge in [-0.3, -0.25) is 9.59 Å². The van der Waals surface area contributed by atoms with Crippen LogP contribution in [0.1, 0.15) is 71.1 Å². The highest BCUT2D eigenvalue weighted by Crippen LogP contribution is 2.54. The van der Waals surface area contributed by atoms with Gasteiger partial charge in [0.15, 0.2) is 0 Å². The number of nitrogens with zero attached hydrogens (tertiary/aromatic N) is 1. The highest BCUT2D eigenvalue weighted by molar-refractivity contribution is 5.83. The molecule has 0 radical (unpaired) electrons. The van der Waals surface area contributed by atoms with Crippen LogP contribution < -0.4 is 10.6 Å². The number of carbonyl (C=O) groups excluding carboxylic acids is 2. The first-order valence-electron chi connectivity index (χ1n) is 17.0. The van der Waals surface area contributed by atoms with Crippen LogP contribution >= 0.6 is 0 Å². The van der Waals surface area contributed by atoms with E-state index in [1.54, 1.807) is 28.4 Å². The van der Waals surface area contributed by atoms with Gasteiger partial charge >= 0.3 is 0 Å². The highest BCUT2D eigenvalue weighted by Gasteiger charge is 2.64. The maximum Gasteiger partial charge on any atom is 0.248 e. The van der Waals surface area contributed by atoms with Crippen LogP contribution in [0.5, 0.6) is 0 Å². The molecule has 3 saturated carbocycles. The van der Waals surface area contributed by atoms with Crippen LogP contribution in [0.25, 0.3) is 0 Å². The van der Waals surface area contributed by atoms with Crippen molar-refractivity contribution in [2.24, 2.45) is 29.6 Å². The number of carbonyl (C=O) groups is 2. The van der Waals surface area contributed by atoms with E-state index in [0.717, 1.165) is 70.8 Å². The average molecular weight is 606 g/mol. The average Bonchev–Trinajstić information content (AvgIpc) is 3.37. The maximum absolute atomic E-state index is 14.3. The van der Waals surface area contributed by atoms with Gasteiger partial charge in [-0.2, -0.15) is 0 Å². The predicted octanol–water partition coefficient (Wildman–Crippen LogP) is 2.52. The Morgan fingerprint density at radius 3 is 2.40 bits per heavy atom. The van der Waals surface area contributed by atoms with E-state index < -0.39 is 6.10 Å². The predicted molar refractivity (Wildman–Crippen MR) is 160 cm³/mol. The van der Waals surface area contributed by atoms with Crippen molar-refractivity contribution >= 4 is 11.8 Å². The lowest BCUT2D eigenvalue weighted by molar-refractivity contribution is -0.175. The van der Waals surface area contributed by atoms with Gasteiger partial charge in [0.25, 0.3) is 0 Å². The summed E-state index contributed by atoms with van der Waals surface area (Å²) in [7, 11) is 6.98. The second-order valence-corrected chi connectivity index (χ2v) is 14.2. The first-order valence-corrected chi connectivity index (χ1v) is 17.0. The Hall–Kier alpha value is -1.30. The Morgan fingerprint density at radius 2 is 1.65 bits per heavy atom. The molecular weight excluding hydrogens is 550 g/mol. The van der Waals surface area contributed by atoms with Gasteiger partial charge in [-0.05, 0) is 101 Å². The fourth-order valence-corrected chi connectivity index (χ4v) is 10.3. The fourth-order valence-electron chi connectivity index (χ4n) is 10.3. The lowest BCUT2D eigenvalue weighted by Crippen LogP contribution is -2.70. The topological polar surface area (TPSA) is 108 Å². The molecule has 0 aromatic rings. The van der Waals surface area contributed by atoms with Crippen molar-refractivity contribution in [2.45, 2.75) is 126 Å². The molecule has 6 rings (SSSR count). The summed E-state index contributed by atoms with van der Waals surface area (Å²) in [6.45, 7) is 3.54. The highest BCUT2D eigenvalue weighted by atomic mass is 16.5. The molecule has 14 atom stereocenters. The van der Waals surface area contributed by atoms with Crippen LogP contribution in [0.15, 0.2) is 0 Å². The molecule has 13 unspecified atom stereocenters. The molecule has 43 heavy (non-hydrogen) atoms. The van der Waals surface area contributed by atoms with E-state index in [1.807, 2.05) is 6.92 Å². The van der Waals surface area contributed by atoms with Crippen molar-refractivity contribution < 1.29 is 33.3 Å². The molecule has 3 aliphatic heterocycles. The standard InChI is InChI=1S/C33H55N3O7/c1-18(32(37)35-14-12-19-6-10-25(39-2)27(16-19)41-4)43-20-7-9-24-23(17-20)21-13-15-34-29-22-8-11-26(40-3)31(42-5)28(22)33(38)36(24)30(21)29/h18-31,34H,6-17H2,1-5H3,(H,35,37)/t18-,19?,20?,21?,22?,23?,24?,25?,26?,27?,28?,29?,30?,31?/m0/s1. The number of nitrogens with one attached hydrogen (secondary N) is 2. The Morgan fingerprint density at radius 1 is 0.884 bits per heavy atom. The Bertz CT molecular complexity index is 984. The molecular formula is C33H55N3O7. The van der Waals surface area contributed by atoms with Gasteiger partial charge in [-0.25, -0.2) is 0 Å². The third kappa shape index (κ3) is 5.89. The van der Waals surface area contributed by atoms with E-state index in [-0.39, 0.29) is 60.3 Å². The largest absolute Gasteiger partial charge is 0.379 e. The van der Waals surface area contributed by atoms with Crippen LogP contribution in [0.4, 0.5) is 0 Å². The smallest absolute Gasteiger partial charge is 0.248 e. The Labute approximate surface area is 257 Å². The van der Waals surface area contributed by atoms with Gasteiger partial charge in [-0.15, -0.1) is 0 Å². The zero-order valence-electron chi connectivity index (χ0n) is 26.9. The van der Waals surface area contributed by atoms with Crippen molar-refractivity contribution in [3.05, 3.63) is 0 Å². The van der Waals surface area contributed by atoms with Gasteiger partial charge in [0.2, 0.25) is 11.8 Å². The van der Waals surface area contributed by atoms with Crippen molar-refractivity contribution in [2.75, 3.05) is 41.5 Å². The zero-order chi connectivity index (χ0) is 30.2.